The summed E-state index contributed by atoms with van der Waals surface area (Å²) in [5.74, 6) is -5.06. The van der Waals surface area contributed by atoms with Crippen LogP contribution in [0.3, 0.4) is 0 Å². The average molecular weight is 404 g/mol. The zero-order valence-electron chi connectivity index (χ0n) is 12.2. The summed E-state index contributed by atoms with van der Waals surface area (Å²) < 4.78 is 4.88. The molecule has 0 amide bonds. The maximum atomic E-state index is 12.3. The molecule has 0 fully saturated rings. The van der Waals surface area contributed by atoms with Gasteiger partial charge in [-0.3, -0.25) is 0 Å². The number of hydrogen-bond acceptors (Lipinski definition) is 4. The Kier molecular flexibility index (Phi) is 5.57. The first-order chi connectivity index (χ1) is 11.7. The molecule has 0 saturated heterocycles. The lowest BCUT2D eigenvalue weighted by Crippen LogP contribution is -2.47. The van der Waals surface area contributed by atoms with Gasteiger partial charge in [-0.2, -0.15) is 0 Å². The van der Waals surface area contributed by atoms with Gasteiger partial charge in [-0.1, -0.05) is 53.0 Å². The highest BCUT2D eigenvalue weighted by Crippen LogP contribution is 2.33. The van der Waals surface area contributed by atoms with Crippen LogP contribution in [0, 0.1) is 0 Å². The number of halogens is 3. The Labute approximate surface area is 156 Å². The molecular formula is C16H9Cl3O6. The molecule has 6 nitrogen and oxygen atoms in total. The van der Waals surface area contributed by atoms with E-state index in [1.54, 1.807) is 6.07 Å². The van der Waals surface area contributed by atoms with Crippen molar-refractivity contribution in [1.82, 2.24) is 0 Å². The molecule has 2 rings (SSSR count). The van der Waals surface area contributed by atoms with Crippen molar-refractivity contribution in [3.63, 3.8) is 0 Å². The van der Waals surface area contributed by atoms with E-state index in [2.05, 4.69) is 0 Å². The van der Waals surface area contributed by atoms with E-state index in [1.165, 1.54) is 24.3 Å². The van der Waals surface area contributed by atoms with Gasteiger partial charge in [0.2, 0.25) is 0 Å². The number of aliphatic carboxylic acids is 2. The van der Waals surface area contributed by atoms with Crippen molar-refractivity contribution in [2.45, 2.75) is 5.60 Å². The van der Waals surface area contributed by atoms with Crippen LogP contribution in [0.25, 0.3) is 0 Å². The van der Waals surface area contributed by atoms with Gasteiger partial charge in [0.25, 0.3) is 0 Å². The predicted octanol–water partition coefficient (Wildman–Crippen LogP) is 3.87. The van der Waals surface area contributed by atoms with Gasteiger partial charge in [0.05, 0.1) is 20.6 Å². The summed E-state index contributed by atoms with van der Waals surface area (Å²) in [5, 5.41) is 19.0. The van der Waals surface area contributed by atoms with E-state index in [1.807, 2.05) is 0 Å². The molecule has 0 aliphatic carbocycles. The second-order valence-electron chi connectivity index (χ2n) is 4.79. The average Bonchev–Trinajstić information content (AvgIpc) is 2.54. The third-order valence-electron chi connectivity index (χ3n) is 3.27. The summed E-state index contributed by atoms with van der Waals surface area (Å²) in [7, 11) is 0. The van der Waals surface area contributed by atoms with Crippen LogP contribution in [-0.2, 0) is 19.9 Å². The largest absolute Gasteiger partial charge is 0.478 e. The third kappa shape index (κ3) is 3.56. The molecule has 25 heavy (non-hydrogen) atoms. The van der Waals surface area contributed by atoms with Gasteiger partial charge in [-0.15, -0.1) is 0 Å². The van der Waals surface area contributed by atoms with E-state index in [-0.39, 0.29) is 26.2 Å². The Bertz CT molecular complexity index is 851. The number of hydrogen-bond donors (Lipinski definition) is 2. The van der Waals surface area contributed by atoms with Crippen LogP contribution in [0.4, 0.5) is 0 Å². The molecule has 0 spiro atoms. The van der Waals surface area contributed by atoms with Crippen LogP contribution in [0.1, 0.15) is 15.9 Å². The molecule has 0 unspecified atom stereocenters. The number of carboxylic acid groups (broad SMARTS) is 2. The van der Waals surface area contributed by atoms with Crippen LogP contribution < -0.4 is 0 Å². The molecule has 0 radical (unpaired) electrons. The minimum absolute atomic E-state index is 0.0219. The standard InChI is InChI=1S/C16H9Cl3O6/c17-10-4-2-1-3-9(10)13(20)25-16(14(21)22,15(23)24)8-5-6-11(18)12(19)7-8/h1-7H,(H,21,22)(H,23,24). The summed E-state index contributed by atoms with van der Waals surface area (Å²) in [6.45, 7) is 0. The van der Waals surface area contributed by atoms with Crippen LogP contribution in [0.15, 0.2) is 42.5 Å². The topological polar surface area (TPSA) is 101 Å². The molecule has 0 aliphatic heterocycles. The van der Waals surface area contributed by atoms with E-state index in [0.29, 0.717) is 0 Å². The summed E-state index contributed by atoms with van der Waals surface area (Å²) in [4.78, 5) is 35.8. The van der Waals surface area contributed by atoms with Gasteiger partial charge >= 0.3 is 23.5 Å². The molecule has 9 heteroatoms. The Morgan fingerprint density at radius 3 is 1.96 bits per heavy atom. The van der Waals surface area contributed by atoms with E-state index in [9.17, 15) is 24.6 Å². The summed E-state index contributed by atoms with van der Waals surface area (Å²) in [6.07, 6.45) is 0. The smallest absolute Gasteiger partial charge is 0.365 e. The Hall–Kier alpha value is -2.28. The Morgan fingerprint density at radius 2 is 1.44 bits per heavy atom. The zero-order valence-corrected chi connectivity index (χ0v) is 14.5. The zero-order chi connectivity index (χ0) is 18.8. The molecule has 130 valence electrons. The summed E-state index contributed by atoms with van der Waals surface area (Å²) >= 11 is 17.5. The Morgan fingerprint density at radius 1 is 0.840 bits per heavy atom. The third-order valence-corrected chi connectivity index (χ3v) is 4.34. The van der Waals surface area contributed by atoms with E-state index in [0.717, 1.165) is 12.1 Å². The van der Waals surface area contributed by atoms with Gasteiger partial charge in [0, 0.05) is 5.56 Å². The normalized spacial score (nSPS) is 11.0. The lowest BCUT2D eigenvalue weighted by atomic mass is 9.93. The fourth-order valence-electron chi connectivity index (χ4n) is 2.02. The second kappa shape index (κ2) is 7.31. The summed E-state index contributed by atoms with van der Waals surface area (Å²) in [5.41, 5.74) is -3.59. The lowest BCUT2D eigenvalue weighted by molar-refractivity contribution is -0.178. The van der Waals surface area contributed by atoms with Crippen LogP contribution in [0.5, 0.6) is 0 Å². The number of rotatable bonds is 5. The molecule has 0 atom stereocenters. The van der Waals surface area contributed by atoms with Crippen molar-refractivity contribution in [2.24, 2.45) is 0 Å². The fourth-order valence-corrected chi connectivity index (χ4v) is 2.53. The molecule has 0 saturated carbocycles. The predicted molar refractivity (Wildman–Crippen MR) is 90.3 cm³/mol. The van der Waals surface area contributed by atoms with Gasteiger partial charge in [0.15, 0.2) is 0 Å². The van der Waals surface area contributed by atoms with Gasteiger partial charge in [-0.25, -0.2) is 14.4 Å². The number of esters is 1. The molecular weight excluding hydrogens is 395 g/mol. The van der Waals surface area contributed by atoms with E-state index in [4.69, 9.17) is 39.5 Å². The first-order valence-corrected chi connectivity index (χ1v) is 7.73. The Balaban J connectivity index is 2.58. The minimum Gasteiger partial charge on any atom is -0.478 e. The van der Waals surface area contributed by atoms with Crippen LogP contribution in [0.2, 0.25) is 15.1 Å². The van der Waals surface area contributed by atoms with Crippen molar-refractivity contribution in [2.75, 3.05) is 0 Å². The lowest BCUT2D eigenvalue weighted by Gasteiger charge is -2.25. The number of carboxylic acids is 2. The van der Waals surface area contributed by atoms with Crippen molar-refractivity contribution < 1.29 is 29.3 Å². The molecule has 0 aromatic heterocycles. The number of carbonyl (C=O) groups excluding carboxylic acids is 1. The van der Waals surface area contributed by atoms with Gasteiger partial charge in [-0.05, 0) is 24.3 Å². The van der Waals surface area contributed by atoms with E-state index >= 15 is 0 Å². The monoisotopic (exact) mass is 402 g/mol. The SMILES string of the molecule is O=C(OC(C(=O)O)(C(=O)O)c1ccc(Cl)c(Cl)c1)c1ccccc1Cl. The molecule has 2 aromatic carbocycles. The van der Waals surface area contributed by atoms with Gasteiger partial charge < -0.3 is 14.9 Å². The summed E-state index contributed by atoms with van der Waals surface area (Å²) in [6, 6.07) is 8.95. The highest BCUT2D eigenvalue weighted by molar-refractivity contribution is 6.42. The fraction of sp³-hybridized carbons (Fsp3) is 0.0625. The first-order valence-electron chi connectivity index (χ1n) is 6.60. The number of benzene rings is 2. The minimum atomic E-state index is -3.02. The van der Waals surface area contributed by atoms with Crippen molar-refractivity contribution >= 4 is 52.7 Å². The molecule has 0 bridgehead atoms. The van der Waals surface area contributed by atoms with E-state index < -0.39 is 23.5 Å². The molecule has 0 aliphatic rings. The van der Waals surface area contributed by atoms with Gasteiger partial charge in [0.1, 0.15) is 0 Å². The highest BCUT2D eigenvalue weighted by Gasteiger charge is 2.53. The number of carbonyl (C=O) groups is 3. The first kappa shape index (κ1) is 19.1. The molecule has 2 N–H and O–H groups in total. The van der Waals surface area contributed by atoms with Crippen molar-refractivity contribution in [3.8, 4) is 0 Å². The highest BCUT2D eigenvalue weighted by atomic mass is 35.5. The van der Waals surface area contributed by atoms with Crippen molar-refractivity contribution in [1.29, 1.82) is 0 Å². The molecule has 2 aromatic rings. The quantitative estimate of drug-likeness (QED) is 0.580. The maximum Gasteiger partial charge on any atom is 0.365 e. The van der Waals surface area contributed by atoms with Crippen LogP contribution >= 0.6 is 34.8 Å². The van der Waals surface area contributed by atoms with Crippen molar-refractivity contribution in [3.05, 3.63) is 68.7 Å². The maximum absolute atomic E-state index is 12.3. The number of ether oxygens (including phenoxy) is 1. The second-order valence-corrected chi connectivity index (χ2v) is 6.01. The van der Waals surface area contributed by atoms with Crippen LogP contribution in [-0.4, -0.2) is 28.1 Å². The molecule has 0 heterocycles.